The predicted molar refractivity (Wildman–Crippen MR) is 36.1 cm³/mol. The average molecular weight is 380 g/mol. The van der Waals surface area contributed by atoms with Crippen LogP contribution in [0.25, 0.3) is 0 Å². The summed E-state index contributed by atoms with van der Waals surface area (Å²) in [6, 6.07) is 0. The Hall–Kier alpha value is 1.43. The summed E-state index contributed by atoms with van der Waals surface area (Å²) in [7, 11) is -14.7. The molecule has 0 atom stereocenters. The summed E-state index contributed by atoms with van der Waals surface area (Å²) in [5, 5.41) is 0. The van der Waals surface area contributed by atoms with Gasteiger partial charge in [0.2, 0.25) is 0 Å². The number of rotatable bonds is 0. The van der Waals surface area contributed by atoms with Gasteiger partial charge in [-0.2, -0.15) is 0 Å². The van der Waals surface area contributed by atoms with Crippen LogP contribution in [0.4, 0.5) is 0 Å². The van der Waals surface area contributed by atoms with Crippen LogP contribution >= 0.6 is 23.5 Å². The Bertz CT molecular complexity index is 202. The van der Waals surface area contributed by atoms with Gasteiger partial charge in [-0.25, -0.2) is 0 Å². The van der Waals surface area contributed by atoms with Crippen LogP contribution < -0.4 is 14.7 Å². The minimum atomic E-state index is -4.89. The molecule has 12 nitrogen and oxygen atoms in total. The first-order valence-corrected chi connectivity index (χ1v) is 6.89. The molecule has 0 unspecified atom stereocenters. The van der Waals surface area contributed by atoms with Crippen LogP contribution in [0.2, 0.25) is 0 Å². The van der Waals surface area contributed by atoms with E-state index >= 15 is 0 Å². The van der Waals surface area contributed by atoms with Crippen molar-refractivity contribution in [2.45, 2.75) is 0 Å². The summed E-state index contributed by atoms with van der Waals surface area (Å²) in [6.45, 7) is 0. The minimum Gasteiger partial charge on any atom is -0.756 e. The SMILES string of the molecule is O=P([O-])(O)O.O=P([O-])(O)O.O=P([O-])(O)O.[Y+3]. The third kappa shape index (κ3) is 1560. The molecule has 0 radical (unpaired) electrons. The van der Waals surface area contributed by atoms with Crippen LogP contribution in [-0.4, -0.2) is 29.4 Å². The fourth-order valence-corrected chi connectivity index (χ4v) is 0. The van der Waals surface area contributed by atoms with E-state index in [1.165, 1.54) is 0 Å². The van der Waals surface area contributed by atoms with Crippen LogP contribution in [0.15, 0.2) is 0 Å². The first kappa shape index (κ1) is 26.1. The van der Waals surface area contributed by atoms with Crippen molar-refractivity contribution in [2.24, 2.45) is 0 Å². The van der Waals surface area contributed by atoms with E-state index in [1.807, 2.05) is 0 Å². The summed E-state index contributed by atoms with van der Waals surface area (Å²) in [6.07, 6.45) is 0. The van der Waals surface area contributed by atoms with Crippen molar-refractivity contribution in [3.8, 4) is 0 Å². The third-order valence-corrected chi connectivity index (χ3v) is 0. The molecule has 0 aromatic rings. The summed E-state index contributed by atoms with van der Waals surface area (Å²) < 4.78 is 26.3. The van der Waals surface area contributed by atoms with Crippen LogP contribution in [-0.2, 0) is 46.4 Å². The molecule has 0 heterocycles. The smallest absolute Gasteiger partial charge is 0.756 e. The van der Waals surface area contributed by atoms with Crippen molar-refractivity contribution in [3.63, 3.8) is 0 Å². The first-order chi connectivity index (χ1) is 6.00. The molecule has 0 aliphatic rings. The Balaban J connectivity index is -0.0000000655. The van der Waals surface area contributed by atoms with Crippen molar-refractivity contribution >= 4 is 23.5 Å². The normalized spacial score (nSPS) is 11.1. The Morgan fingerprint density at radius 1 is 0.562 bits per heavy atom. The fraction of sp³-hybridized carbons (Fsp3) is 0. The van der Waals surface area contributed by atoms with E-state index < -0.39 is 23.5 Å². The molecule has 6 N–H and O–H groups in total. The minimum absolute atomic E-state index is 0. The Labute approximate surface area is 114 Å². The van der Waals surface area contributed by atoms with Gasteiger partial charge in [-0.1, -0.05) is 0 Å². The predicted octanol–water partition coefficient (Wildman–Crippen LogP) is -4.68. The molecular weight excluding hydrogens is 374 g/mol. The summed E-state index contributed by atoms with van der Waals surface area (Å²) in [5.41, 5.74) is 0. The Kier molecular flexibility index (Phi) is 16.9. The molecule has 0 rings (SSSR count). The van der Waals surface area contributed by atoms with Crippen molar-refractivity contribution in [3.05, 3.63) is 0 Å². The molecule has 0 saturated carbocycles. The van der Waals surface area contributed by atoms with Crippen molar-refractivity contribution in [2.75, 3.05) is 0 Å². The van der Waals surface area contributed by atoms with Gasteiger partial charge in [0.15, 0.2) is 0 Å². The van der Waals surface area contributed by atoms with Gasteiger partial charge in [0.25, 0.3) is 23.5 Å². The zero-order valence-corrected chi connectivity index (χ0v) is 12.6. The first-order valence-electron chi connectivity index (χ1n) is 2.30. The van der Waals surface area contributed by atoms with E-state index in [4.69, 9.17) is 57.7 Å². The van der Waals surface area contributed by atoms with E-state index in [0.29, 0.717) is 0 Å². The zero-order chi connectivity index (χ0) is 13.5. The topological polar surface area (TPSA) is 242 Å². The second-order valence-electron chi connectivity index (χ2n) is 1.47. The molecule has 0 spiro atoms. The van der Waals surface area contributed by atoms with Crippen molar-refractivity contribution in [1.82, 2.24) is 0 Å². The van der Waals surface area contributed by atoms with E-state index in [0.717, 1.165) is 0 Å². The maximum Gasteiger partial charge on any atom is 3.00 e. The van der Waals surface area contributed by atoms with Crippen molar-refractivity contribution < 1.29 is 90.4 Å². The van der Waals surface area contributed by atoms with Gasteiger partial charge in [0.05, 0.1) is 0 Å². The summed E-state index contributed by atoms with van der Waals surface area (Å²) in [5.74, 6) is 0. The summed E-state index contributed by atoms with van der Waals surface area (Å²) >= 11 is 0. The standard InChI is InChI=1S/3H3O4P.Y/c3*1-5(2,3)4;/h3*(H3,1,2,3,4);/q;;;+3/p-3. The van der Waals surface area contributed by atoms with E-state index in [1.54, 1.807) is 0 Å². The molecule has 0 aromatic carbocycles. The second kappa shape index (κ2) is 10.4. The van der Waals surface area contributed by atoms with Gasteiger partial charge < -0.3 is 44.0 Å². The van der Waals surface area contributed by atoms with Gasteiger partial charge in [0, 0.05) is 0 Å². The van der Waals surface area contributed by atoms with Crippen LogP contribution in [0.1, 0.15) is 0 Å². The van der Waals surface area contributed by atoms with Gasteiger partial charge in [0.1, 0.15) is 0 Å². The molecule has 16 heavy (non-hydrogen) atoms. The van der Waals surface area contributed by atoms with Gasteiger partial charge in [-0.15, -0.1) is 0 Å². The Morgan fingerprint density at radius 2 is 0.562 bits per heavy atom. The average Bonchev–Trinajstić information content (AvgIpc) is 1.41. The molecule has 0 fully saturated rings. The maximum absolute atomic E-state index is 8.77. The monoisotopic (exact) mass is 380 g/mol. The number of hydrogen-bond donors (Lipinski definition) is 6. The zero-order valence-electron chi connectivity index (χ0n) is 7.05. The van der Waals surface area contributed by atoms with E-state index in [2.05, 4.69) is 0 Å². The van der Waals surface area contributed by atoms with E-state index in [-0.39, 0.29) is 32.7 Å². The van der Waals surface area contributed by atoms with Gasteiger partial charge in [-0.3, -0.25) is 13.7 Å². The molecule has 0 saturated heterocycles. The largest absolute Gasteiger partial charge is 3.00 e. The molecule has 0 bridgehead atoms. The Morgan fingerprint density at radius 3 is 0.562 bits per heavy atom. The third-order valence-electron chi connectivity index (χ3n) is 0. The van der Waals surface area contributed by atoms with Crippen LogP contribution in [0.5, 0.6) is 0 Å². The quantitative estimate of drug-likeness (QED) is 0.217. The molecule has 0 aliphatic carbocycles. The number of hydrogen-bond acceptors (Lipinski definition) is 6. The molecule has 96 valence electrons. The molecule has 0 aliphatic heterocycles. The molecule has 0 amide bonds. The second-order valence-corrected chi connectivity index (χ2v) is 4.42. The molecular formula is H6O12P3Y. The summed E-state index contributed by atoms with van der Waals surface area (Å²) in [4.78, 5) is 68.8. The molecule has 16 heteroatoms. The van der Waals surface area contributed by atoms with E-state index in [9.17, 15) is 0 Å². The van der Waals surface area contributed by atoms with Gasteiger partial charge in [-0.05, 0) is 0 Å². The van der Waals surface area contributed by atoms with Crippen LogP contribution in [0, 0.1) is 0 Å². The van der Waals surface area contributed by atoms with Crippen LogP contribution in [0.3, 0.4) is 0 Å². The number of phosphoric acid groups is 3. The van der Waals surface area contributed by atoms with Crippen molar-refractivity contribution in [1.29, 1.82) is 0 Å². The fourth-order valence-electron chi connectivity index (χ4n) is 0. The van der Waals surface area contributed by atoms with Gasteiger partial charge >= 0.3 is 32.7 Å². The maximum atomic E-state index is 8.77. The molecule has 0 aromatic heterocycles.